The zero-order chi connectivity index (χ0) is 17.0. The van der Waals surface area contributed by atoms with E-state index >= 15 is 0 Å². The van der Waals surface area contributed by atoms with Crippen LogP contribution in [0.15, 0.2) is 42.5 Å². The first-order valence-corrected chi connectivity index (χ1v) is 7.60. The molecule has 1 atom stereocenters. The Labute approximate surface area is 140 Å². The Hall–Kier alpha value is -2.33. The lowest BCUT2D eigenvalue weighted by molar-refractivity contribution is -0.123. The second kappa shape index (κ2) is 7.29. The summed E-state index contributed by atoms with van der Waals surface area (Å²) in [6, 6.07) is 12.3. The lowest BCUT2D eigenvalue weighted by Crippen LogP contribution is -2.30. The molecule has 1 unspecified atom stereocenters. The van der Waals surface area contributed by atoms with Crippen LogP contribution < -0.4 is 5.32 Å². The number of carbonyl (C=O) groups excluding carboxylic acids is 2. The van der Waals surface area contributed by atoms with Crippen LogP contribution in [-0.2, 0) is 9.53 Å². The molecular weight excluding hydrogens is 314 g/mol. The van der Waals surface area contributed by atoms with E-state index in [9.17, 15) is 9.59 Å². The molecule has 0 fully saturated rings. The monoisotopic (exact) mass is 331 g/mol. The van der Waals surface area contributed by atoms with Crippen molar-refractivity contribution in [2.75, 3.05) is 5.32 Å². The third-order valence-electron chi connectivity index (χ3n) is 3.39. The van der Waals surface area contributed by atoms with E-state index in [1.165, 1.54) is 6.92 Å². The lowest BCUT2D eigenvalue weighted by atomic mass is 10.1. The number of hydrogen-bond acceptors (Lipinski definition) is 3. The number of nitrogens with one attached hydrogen (secondary N) is 1. The molecule has 120 valence electrons. The average Bonchev–Trinajstić information content (AvgIpc) is 2.49. The van der Waals surface area contributed by atoms with Crippen LogP contribution in [0, 0.1) is 13.8 Å². The normalized spacial score (nSPS) is 11.7. The summed E-state index contributed by atoms with van der Waals surface area (Å²) in [6.07, 6.45) is -0.931. The van der Waals surface area contributed by atoms with Gasteiger partial charge in [-0.25, -0.2) is 4.79 Å². The summed E-state index contributed by atoms with van der Waals surface area (Å²) in [5, 5.41) is 3.07. The van der Waals surface area contributed by atoms with Gasteiger partial charge in [-0.15, -0.1) is 0 Å². The van der Waals surface area contributed by atoms with Crippen LogP contribution in [-0.4, -0.2) is 18.0 Å². The van der Waals surface area contributed by atoms with Gasteiger partial charge in [0.05, 0.1) is 16.3 Å². The second-order valence-electron chi connectivity index (χ2n) is 5.34. The molecule has 2 rings (SSSR count). The number of halogens is 1. The molecule has 1 amide bonds. The van der Waals surface area contributed by atoms with Crippen LogP contribution in [0.1, 0.15) is 28.4 Å². The van der Waals surface area contributed by atoms with E-state index in [0.29, 0.717) is 16.3 Å². The fourth-order valence-electron chi connectivity index (χ4n) is 2.12. The van der Waals surface area contributed by atoms with Crippen molar-refractivity contribution in [3.8, 4) is 0 Å². The Morgan fingerprint density at radius 1 is 1.13 bits per heavy atom. The number of carbonyl (C=O) groups is 2. The maximum atomic E-state index is 12.2. The summed E-state index contributed by atoms with van der Waals surface area (Å²) >= 11 is 5.99. The summed E-state index contributed by atoms with van der Waals surface area (Å²) in [6.45, 7) is 5.30. The number of ether oxygens (including phenoxy) is 1. The first kappa shape index (κ1) is 17.0. The van der Waals surface area contributed by atoms with Gasteiger partial charge in [0.1, 0.15) is 0 Å². The average molecular weight is 332 g/mol. The highest BCUT2D eigenvalue weighted by atomic mass is 35.5. The number of esters is 1. The van der Waals surface area contributed by atoms with E-state index in [1.807, 2.05) is 26.0 Å². The molecule has 2 aromatic rings. The Morgan fingerprint density at radius 2 is 1.83 bits per heavy atom. The Morgan fingerprint density at radius 3 is 2.48 bits per heavy atom. The predicted molar refractivity (Wildman–Crippen MR) is 90.9 cm³/mol. The number of rotatable bonds is 4. The summed E-state index contributed by atoms with van der Waals surface area (Å²) in [4.78, 5) is 24.3. The molecule has 0 aliphatic rings. The molecule has 0 saturated heterocycles. The van der Waals surface area contributed by atoms with E-state index in [2.05, 4.69) is 5.32 Å². The van der Waals surface area contributed by atoms with Crippen molar-refractivity contribution < 1.29 is 14.3 Å². The third-order valence-corrected chi connectivity index (χ3v) is 3.72. The van der Waals surface area contributed by atoms with Crippen molar-refractivity contribution >= 4 is 29.2 Å². The molecule has 0 heterocycles. The van der Waals surface area contributed by atoms with E-state index in [0.717, 1.165) is 11.1 Å². The predicted octanol–water partition coefficient (Wildman–Crippen LogP) is 4.14. The number of anilines is 1. The van der Waals surface area contributed by atoms with Gasteiger partial charge in [-0.1, -0.05) is 41.4 Å². The SMILES string of the molecule is Cc1ccc(C(=O)OC(C)C(=O)Nc2ccccc2Cl)c(C)c1. The van der Waals surface area contributed by atoms with E-state index < -0.39 is 18.0 Å². The van der Waals surface area contributed by atoms with Gasteiger partial charge in [0.2, 0.25) is 0 Å². The fraction of sp³-hybridized carbons (Fsp3) is 0.222. The van der Waals surface area contributed by atoms with Gasteiger partial charge in [-0.2, -0.15) is 0 Å². The van der Waals surface area contributed by atoms with Gasteiger partial charge < -0.3 is 10.1 Å². The third kappa shape index (κ3) is 4.33. The zero-order valence-corrected chi connectivity index (χ0v) is 14.0. The molecule has 0 spiro atoms. The molecule has 5 heteroatoms. The Bertz CT molecular complexity index is 743. The molecular formula is C18H18ClNO3. The van der Waals surface area contributed by atoms with Crippen molar-refractivity contribution in [2.45, 2.75) is 26.9 Å². The maximum absolute atomic E-state index is 12.2. The first-order chi connectivity index (χ1) is 10.9. The largest absolute Gasteiger partial charge is 0.449 e. The van der Waals surface area contributed by atoms with Crippen LogP contribution in [0.25, 0.3) is 0 Å². The maximum Gasteiger partial charge on any atom is 0.339 e. The molecule has 4 nitrogen and oxygen atoms in total. The van der Waals surface area contributed by atoms with Gasteiger partial charge in [-0.05, 0) is 44.5 Å². The summed E-state index contributed by atoms with van der Waals surface area (Å²) < 4.78 is 5.24. The van der Waals surface area contributed by atoms with Gasteiger partial charge >= 0.3 is 5.97 Å². The molecule has 0 bridgehead atoms. The van der Waals surface area contributed by atoms with Crippen molar-refractivity contribution in [3.05, 3.63) is 64.2 Å². The molecule has 0 aliphatic carbocycles. The lowest BCUT2D eigenvalue weighted by Gasteiger charge is -2.15. The Balaban J connectivity index is 2.03. The van der Waals surface area contributed by atoms with Gasteiger partial charge in [-0.3, -0.25) is 4.79 Å². The minimum absolute atomic E-state index is 0.425. The number of benzene rings is 2. The van der Waals surface area contributed by atoms with Crippen LogP contribution in [0.3, 0.4) is 0 Å². The van der Waals surface area contributed by atoms with Crippen molar-refractivity contribution in [1.82, 2.24) is 0 Å². The van der Waals surface area contributed by atoms with E-state index in [1.54, 1.807) is 30.3 Å². The van der Waals surface area contributed by atoms with Crippen molar-refractivity contribution in [3.63, 3.8) is 0 Å². The van der Waals surface area contributed by atoms with Crippen LogP contribution in [0.4, 0.5) is 5.69 Å². The second-order valence-corrected chi connectivity index (χ2v) is 5.74. The molecule has 0 aromatic heterocycles. The topological polar surface area (TPSA) is 55.4 Å². The smallest absolute Gasteiger partial charge is 0.339 e. The minimum Gasteiger partial charge on any atom is -0.449 e. The van der Waals surface area contributed by atoms with Gasteiger partial charge in [0.25, 0.3) is 5.91 Å². The van der Waals surface area contributed by atoms with Gasteiger partial charge in [0, 0.05) is 0 Å². The summed E-state index contributed by atoms with van der Waals surface area (Å²) in [5.41, 5.74) is 2.80. The minimum atomic E-state index is -0.931. The molecule has 0 radical (unpaired) electrons. The van der Waals surface area contributed by atoms with Crippen LogP contribution in [0.5, 0.6) is 0 Å². The molecule has 0 aliphatic heterocycles. The number of amides is 1. The highest BCUT2D eigenvalue weighted by Gasteiger charge is 2.20. The fourth-order valence-corrected chi connectivity index (χ4v) is 2.30. The number of para-hydroxylation sites is 1. The zero-order valence-electron chi connectivity index (χ0n) is 13.2. The number of hydrogen-bond donors (Lipinski definition) is 1. The quantitative estimate of drug-likeness (QED) is 0.857. The van der Waals surface area contributed by atoms with E-state index in [-0.39, 0.29) is 0 Å². The highest BCUT2D eigenvalue weighted by Crippen LogP contribution is 2.21. The highest BCUT2D eigenvalue weighted by molar-refractivity contribution is 6.33. The van der Waals surface area contributed by atoms with Gasteiger partial charge in [0.15, 0.2) is 6.10 Å². The van der Waals surface area contributed by atoms with Crippen LogP contribution in [0.2, 0.25) is 5.02 Å². The van der Waals surface area contributed by atoms with Crippen molar-refractivity contribution in [1.29, 1.82) is 0 Å². The molecule has 0 saturated carbocycles. The number of aryl methyl sites for hydroxylation is 2. The summed E-state index contributed by atoms with van der Waals surface area (Å²) in [7, 11) is 0. The molecule has 23 heavy (non-hydrogen) atoms. The van der Waals surface area contributed by atoms with Crippen LogP contribution >= 0.6 is 11.6 Å². The first-order valence-electron chi connectivity index (χ1n) is 7.22. The molecule has 1 N–H and O–H groups in total. The van der Waals surface area contributed by atoms with Crippen molar-refractivity contribution in [2.24, 2.45) is 0 Å². The van der Waals surface area contributed by atoms with E-state index in [4.69, 9.17) is 16.3 Å². The Kier molecular flexibility index (Phi) is 5.40. The summed E-state index contributed by atoms with van der Waals surface area (Å²) in [5.74, 6) is -0.958. The standard InChI is InChI=1S/C18H18ClNO3/c1-11-8-9-14(12(2)10-11)18(22)23-13(3)17(21)20-16-7-5-4-6-15(16)19/h4-10,13H,1-3H3,(H,20,21). The molecule has 2 aromatic carbocycles.